The van der Waals surface area contributed by atoms with E-state index in [4.69, 9.17) is 0 Å². The Bertz CT molecular complexity index is 127. The van der Waals surface area contributed by atoms with Crippen molar-refractivity contribution in [2.75, 3.05) is 0 Å². The summed E-state index contributed by atoms with van der Waals surface area (Å²) in [7, 11) is 0. The van der Waals surface area contributed by atoms with Crippen LogP contribution >= 0.6 is 0 Å². The Morgan fingerprint density at radius 1 is 1.30 bits per heavy atom. The highest BCUT2D eigenvalue weighted by atomic mass is 15.2. The van der Waals surface area contributed by atoms with Gasteiger partial charge in [-0.1, -0.05) is 20.3 Å². The third-order valence-electron chi connectivity index (χ3n) is 3.04. The summed E-state index contributed by atoms with van der Waals surface area (Å²) in [5, 5.41) is 3.57. The summed E-state index contributed by atoms with van der Waals surface area (Å²) in [6.45, 7) is 4.63. The van der Waals surface area contributed by atoms with Crippen molar-refractivity contribution >= 4 is 0 Å². The van der Waals surface area contributed by atoms with Crippen molar-refractivity contribution in [2.45, 2.75) is 45.2 Å². The lowest BCUT2D eigenvalue weighted by Crippen LogP contribution is -2.20. The highest BCUT2D eigenvalue weighted by Crippen LogP contribution is 2.38. The molecule has 10 heavy (non-hydrogen) atoms. The van der Waals surface area contributed by atoms with E-state index in [-0.39, 0.29) is 0 Å². The van der Waals surface area contributed by atoms with Gasteiger partial charge in [-0.25, -0.2) is 0 Å². The monoisotopic (exact) mass is 139 g/mol. The van der Waals surface area contributed by atoms with Crippen molar-refractivity contribution in [3.05, 3.63) is 0 Å². The Kier molecular flexibility index (Phi) is 1.48. The average molecular weight is 139 g/mol. The third-order valence-corrected chi connectivity index (χ3v) is 3.04. The molecule has 1 saturated heterocycles. The molecule has 58 valence electrons. The molecule has 1 heteroatoms. The molecular weight excluding hydrogens is 122 g/mol. The highest BCUT2D eigenvalue weighted by Gasteiger charge is 2.45. The zero-order valence-corrected chi connectivity index (χ0v) is 6.93. The first kappa shape index (κ1) is 6.66. The van der Waals surface area contributed by atoms with E-state index >= 15 is 0 Å². The van der Waals surface area contributed by atoms with Gasteiger partial charge in [0, 0.05) is 12.1 Å². The van der Waals surface area contributed by atoms with Crippen LogP contribution in [0.5, 0.6) is 0 Å². The maximum absolute atomic E-state index is 3.57. The first-order chi connectivity index (χ1) is 4.79. The Morgan fingerprint density at radius 3 is 2.30 bits per heavy atom. The largest absolute Gasteiger partial charge is 0.308 e. The Morgan fingerprint density at radius 2 is 2.00 bits per heavy atom. The topological polar surface area (TPSA) is 21.9 Å². The summed E-state index contributed by atoms with van der Waals surface area (Å²) in [5.41, 5.74) is 0. The molecule has 2 atom stereocenters. The van der Waals surface area contributed by atoms with Crippen molar-refractivity contribution in [1.82, 2.24) is 5.32 Å². The molecule has 0 radical (unpaired) electrons. The van der Waals surface area contributed by atoms with Crippen molar-refractivity contribution in [3.8, 4) is 0 Å². The molecule has 0 bridgehead atoms. The molecule has 0 unspecified atom stereocenters. The molecule has 2 fully saturated rings. The van der Waals surface area contributed by atoms with Crippen LogP contribution in [0.25, 0.3) is 0 Å². The summed E-state index contributed by atoms with van der Waals surface area (Å²) in [6, 6.07) is 1.78. The van der Waals surface area contributed by atoms with Gasteiger partial charge >= 0.3 is 0 Å². The quantitative estimate of drug-likeness (QED) is 0.579. The predicted molar refractivity (Wildman–Crippen MR) is 42.9 cm³/mol. The summed E-state index contributed by atoms with van der Waals surface area (Å²) in [5.74, 6) is 1.90. The first-order valence-electron chi connectivity index (χ1n) is 4.55. The minimum atomic E-state index is 0.852. The smallest absolute Gasteiger partial charge is 0.0255 e. The van der Waals surface area contributed by atoms with Crippen LogP contribution in [0.3, 0.4) is 0 Å². The van der Waals surface area contributed by atoms with Crippen molar-refractivity contribution in [3.63, 3.8) is 0 Å². The molecular formula is C9H17N. The van der Waals surface area contributed by atoms with E-state index < -0.39 is 0 Å². The summed E-state index contributed by atoms with van der Waals surface area (Å²) in [6.07, 6.45) is 4.45. The summed E-state index contributed by atoms with van der Waals surface area (Å²) >= 11 is 0. The van der Waals surface area contributed by atoms with Gasteiger partial charge in [-0.3, -0.25) is 0 Å². The van der Waals surface area contributed by atoms with Crippen LogP contribution in [-0.2, 0) is 0 Å². The van der Waals surface area contributed by atoms with E-state index in [1.165, 1.54) is 19.3 Å². The van der Waals surface area contributed by atoms with E-state index in [1.807, 2.05) is 0 Å². The molecule has 1 nitrogen and oxygen atoms in total. The zero-order valence-electron chi connectivity index (χ0n) is 6.93. The predicted octanol–water partition coefficient (Wildman–Crippen LogP) is 1.78. The van der Waals surface area contributed by atoms with Crippen LogP contribution in [0.2, 0.25) is 0 Å². The normalized spacial score (nSPS) is 39.9. The van der Waals surface area contributed by atoms with Crippen molar-refractivity contribution in [2.24, 2.45) is 11.8 Å². The van der Waals surface area contributed by atoms with Gasteiger partial charge in [0.25, 0.3) is 0 Å². The third kappa shape index (κ3) is 0.968. The molecule has 0 aromatic heterocycles. The second-order valence-corrected chi connectivity index (χ2v) is 4.15. The first-order valence-corrected chi connectivity index (χ1v) is 4.55. The average Bonchev–Trinajstić information content (AvgIpc) is 2.40. The summed E-state index contributed by atoms with van der Waals surface area (Å²) < 4.78 is 0. The molecule has 2 aliphatic rings. The van der Waals surface area contributed by atoms with E-state index in [9.17, 15) is 0 Å². The molecule has 1 saturated carbocycles. The van der Waals surface area contributed by atoms with Crippen LogP contribution < -0.4 is 5.32 Å². The van der Waals surface area contributed by atoms with Gasteiger partial charge < -0.3 is 5.32 Å². The minimum absolute atomic E-state index is 0.852. The van der Waals surface area contributed by atoms with Crippen LogP contribution in [0.4, 0.5) is 0 Å². The molecule has 0 aromatic rings. The van der Waals surface area contributed by atoms with Gasteiger partial charge in [0.1, 0.15) is 0 Å². The Balaban J connectivity index is 1.78. The van der Waals surface area contributed by atoms with Crippen LogP contribution in [-0.4, -0.2) is 12.1 Å². The molecule has 0 aromatic carbocycles. The van der Waals surface area contributed by atoms with Gasteiger partial charge in [0.2, 0.25) is 0 Å². The number of nitrogens with one attached hydrogen (secondary N) is 1. The standard InChI is InChI=1S/C9H17N/c1-6(2)8-9(10-8)7-4-3-5-7/h6-10H,3-5H2,1-2H3/t8-,9+/m1/s1. The Labute approximate surface area is 63.2 Å². The molecule has 0 spiro atoms. The number of hydrogen-bond acceptors (Lipinski definition) is 1. The fourth-order valence-electron chi connectivity index (χ4n) is 2.00. The van der Waals surface area contributed by atoms with Crippen LogP contribution in [0.1, 0.15) is 33.1 Å². The minimum Gasteiger partial charge on any atom is -0.308 e. The molecule has 1 N–H and O–H groups in total. The van der Waals surface area contributed by atoms with Gasteiger partial charge in [-0.15, -0.1) is 0 Å². The maximum atomic E-state index is 3.57. The second kappa shape index (κ2) is 2.23. The SMILES string of the molecule is CC(C)[C@H]1N[C@H]1C1CCC1. The maximum Gasteiger partial charge on any atom is 0.0255 e. The van der Waals surface area contributed by atoms with Crippen molar-refractivity contribution < 1.29 is 0 Å². The molecule has 1 aliphatic heterocycles. The van der Waals surface area contributed by atoms with Gasteiger partial charge in [0.05, 0.1) is 0 Å². The molecule has 1 heterocycles. The lowest BCUT2D eigenvalue weighted by molar-refractivity contribution is 0.301. The second-order valence-electron chi connectivity index (χ2n) is 4.15. The highest BCUT2D eigenvalue weighted by molar-refractivity contribution is 5.05. The number of rotatable bonds is 2. The van der Waals surface area contributed by atoms with E-state index in [2.05, 4.69) is 19.2 Å². The van der Waals surface area contributed by atoms with Crippen LogP contribution in [0, 0.1) is 11.8 Å². The van der Waals surface area contributed by atoms with Gasteiger partial charge in [0.15, 0.2) is 0 Å². The fourth-order valence-corrected chi connectivity index (χ4v) is 2.00. The van der Waals surface area contributed by atoms with Crippen LogP contribution in [0.15, 0.2) is 0 Å². The molecule has 1 aliphatic carbocycles. The van der Waals surface area contributed by atoms with E-state index in [1.54, 1.807) is 0 Å². The van der Waals surface area contributed by atoms with Gasteiger partial charge in [-0.05, 0) is 24.7 Å². The lowest BCUT2D eigenvalue weighted by atomic mass is 9.80. The molecule has 2 rings (SSSR count). The van der Waals surface area contributed by atoms with E-state index in [0.29, 0.717) is 0 Å². The number of hydrogen-bond donors (Lipinski definition) is 1. The zero-order chi connectivity index (χ0) is 7.14. The fraction of sp³-hybridized carbons (Fsp3) is 1.00. The van der Waals surface area contributed by atoms with E-state index in [0.717, 1.165) is 23.9 Å². The lowest BCUT2D eigenvalue weighted by Gasteiger charge is -2.24. The summed E-state index contributed by atoms with van der Waals surface area (Å²) in [4.78, 5) is 0. The van der Waals surface area contributed by atoms with Gasteiger partial charge in [-0.2, -0.15) is 0 Å². The van der Waals surface area contributed by atoms with Crippen molar-refractivity contribution in [1.29, 1.82) is 0 Å². The Hall–Kier alpha value is -0.0400. The molecule has 0 amide bonds.